The van der Waals surface area contributed by atoms with E-state index in [1.807, 2.05) is 32.9 Å². The molecule has 0 bridgehead atoms. The Hall–Kier alpha value is -2.54. The van der Waals surface area contributed by atoms with Gasteiger partial charge in [-0.3, -0.25) is 14.5 Å². The molecule has 1 amide bonds. The van der Waals surface area contributed by atoms with Crippen LogP contribution in [-0.2, 0) is 7.05 Å². The Kier molecular flexibility index (Phi) is 4.44. The van der Waals surface area contributed by atoms with Crippen LogP contribution in [0.4, 0.5) is 0 Å². The number of hydrogen-bond acceptors (Lipinski definition) is 5. The summed E-state index contributed by atoms with van der Waals surface area (Å²) in [4.78, 5) is 22.4. The zero-order valence-corrected chi connectivity index (χ0v) is 14.9. The van der Waals surface area contributed by atoms with Gasteiger partial charge in [0.15, 0.2) is 0 Å². The van der Waals surface area contributed by atoms with Crippen molar-refractivity contribution in [3.8, 4) is 11.3 Å². The van der Waals surface area contributed by atoms with Crippen molar-refractivity contribution < 1.29 is 4.79 Å². The van der Waals surface area contributed by atoms with E-state index < -0.39 is 0 Å². The number of hydrogen-bond donors (Lipinski definition) is 1. The molecule has 0 fully saturated rings. The highest BCUT2D eigenvalue weighted by Gasteiger charge is 2.21. The van der Waals surface area contributed by atoms with Gasteiger partial charge in [0.05, 0.1) is 22.3 Å². The Labute approximate surface area is 144 Å². The minimum atomic E-state index is -0.153. The molecule has 24 heavy (non-hydrogen) atoms. The normalized spacial score (nSPS) is 12.2. The van der Waals surface area contributed by atoms with Gasteiger partial charge in [0.1, 0.15) is 5.69 Å². The Morgan fingerprint density at radius 2 is 2.17 bits per heavy atom. The summed E-state index contributed by atoms with van der Waals surface area (Å²) in [5.74, 6) is -0.153. The van der Waals surface area contributed by atoms with E-state index in [2.05, 4.69) is 20.4 Å². The lowest BCUT2D eigenvalue weighted by atomic mass is 10.1. The van der Waals surface area contributed by atoms with Crippen molar-refractivity contribution in [1.29, 1.82) is 0 Å². The van der Waals surface area contributed by atoms with Crippen LogP contribution in [0.15, 0.2) is 30.7 Å². The molecule has 1 atom stereocenters. The number of nitrogens with zero attached hydrogens (tertiary/aromatic N) is 4. The van der Waals surface area contributed by atoms with Crippen molar-refractivity contribution in [2.45, 2.75) is 26.8 Å². The summed E-state index contributed by atoms with van der Waals surface area (Å²) in [5.41, 5.74) is 2.95. The monoisotopic (exact) mass is 341 g/mol. The summed E-state index contributed by atoms with van der Waals surface area (Å²) in [6.45, 7) is 5.90. The molecule has 0 radical (unpaired) electrons. The van der Waals surface area contributed by atoms with E-state index in [0.29, 0.717) is 11.3 Å². The Balaban J connectivity index is 1.87. The van der Waals surface area contributed by atoms with Crippen molar-refractivity contribution in [3.05, 3.63) is 51.9 Å². The average Bonchev–Trinajstić information content (AvgIpc) is 3.10. The molecule has 0 aliphatic carbocycles. The van der Waals surface area contributed by atoms with E-state index in [9.17, 15) is 4.79 Å². The van der Waals surface area contributed by atoms with Crippen LogP contribution in [0.2, 0.25) is 0 Å². The third-order valence-corrected chi connectivity index (χ3v) is 4.94. The standard InChI is InChI=1S/C17H19N5OS/c1-10-16(24-12(3)19-10)11(2)20-17(23)14-9-22(4)21-15(14)13-6-5-7-18-8-13/h5-9,11H,1-4H3,(H,20,23)/t11-/m1/s1. The van der Waals surface area contributed by atoms with Gasteiger partial charge >= 0.3 is 0 Å². The van der Waals surface area contributed by atoms with Crippen LogP contribution < -0.4 is 5.32 Å². The highest BCUT2D eigenvalue weighted by molar-refractivity contribution is 7.11. The minimum absolute atomic E-state index is 0.106. The third-order valence-electron chi connectivity index (χ3n) is 3.69. The molecule has 0 unspecified atom stereocenters. The molecule has 1 N–H and O–H groups in total. The van der Waals surface area contributed by atoms with Crippen molar-refractivity contribution in [1.82, 2.24) is 25.1 Å². The zero-order chi connectivity index (χ0) is 17.3. The van der Waals surface area contributed by atoms with Crippen LogP contribution >= 0.6 is 11.3 Å². The van der Waals surface area contributed by atoms with Crippen LogP contribution in [-0.4, -0.2) is 25.7 Å². The Morgan fingerprint density at radius 3 is 2.79 bits per heavy atom. The summed E-state index contributed by atoms with van der Waals surface area (Å²) in [5, 5.41) is 8.46. The number of nitrogens with one attached hydrogen (secondary N) is 1. The van der Waals surface area contributed by atoms with E-state index in [1.165, 1.54) is 0 Å². The molecule has 0 spiro atoms. The molecule has 0 aromatic carbocycles. The van der Waals surface area contributed by atoms with E-state index in [4.69, 9.17) is 0 Å². The summed E-state index contributed by atoms with van der Waals surface area (Å²) >= 11 is 1.61. The maximum atomic E-state index is 12.8. The number of carbonyl (C=O) groups is 1. The van der Waals surface area contributed by atoms with E-state index in [1.54, 1.807) is 41.7 Å². The fraction of sp³-hybridized carbons (Fsp3) is 0.294. The molecule has 3 rings (SSSR count). The van der Waals surface area contributed by atoms with Gasteiger partial charge in [-0.2, -0.15) is 5.10 Å². The molecule has 0 aliphatic rings. The first kappa shape index (κ1) is 16.3. The zero-order valence-electron chi connectivity index (χ0n) is 14.1. The molecule has 0 saturated heterocycles. The predicted molar refractivity (Wildman–Crippen MR) is 93.9 cm³/mol. The first-order valence-corrected chi connectivity index (χ1v) is 8.46. The number of rotatable bonds is 4. The summed E-state index contributed by atoms with van der Waals surface area (Å²) in [7, 11) is 1.80. The predicted octanol–water partition coefficient (Wildman–Crippen LogP) is 3.05. The number of aryl methyl sites for hydroxylation is 3. The molecule has 0 aliphatic heterocycles. The molecule has 7 heteroatoms. The van der Waals surface area contributed by atoms with Crippen LogP contribution in [0.5, 0.6) is 0 Å². The Morgan fingerprint density at radius 1 is 1.38 bits per heavy atom. The third kappa shape index (κ3) is 3.21. The van der Waals surface area contributed by atoms with Gasteiger partial charge in [0.2, 0.25) is 0 Å². The molecule has 3 aromatic rings. The van der Waals surface area contributed by atoms with E-state index in [0.717, 1.165) is 21.1 Å². The summed E-state index contributed by atoms with van der Waals surface area (Å²) in [6.07, 6.45) is 5.14. The highest BCUT2D eigenvalue weighted by Crippen LogP contribution is 2.26. The number of thiazole rings is 1. The number of aromatic nitrogens is 4. The molecule has 3 heterocycles. The van der Waals surface area contributed by atoms with Crippen LogP contribution in [0, 0.1) is 13.8 Å². The maximum Gasteiger partial charge on any atom is 0.255 e. The smallest absolute Gasteiger partial charge is 0.255 e. The lowest BCUT2D eigenvalue weighted by Gasteiger charge is -2.12. The fourth-order valence-corrected chi connectivity index (χ4v) is 3.59. The first-order chi connectivity index (χ1) is 11.5. The van der Waals surface area contributed by atoms with E-state index in [-0.39, 0.29) is 11.9 Å². The maximum absolute atomic E-state index is 12.8. The summed E-state index contributed by atoms with van der Waals surface area (Å²) in [6, 6.07) is 3.62. The number of amides is 1. The number of pyridine rings is 1. The molecule has 0 saturated carbocycles. The lowest BCUT2D eigenvalue weighted by Crippen LogP contribution is -2.26. The van der Waals surface area contributed by atoms with Gasteiger partial charge in [-0.15, -0.1) is 11.3 Å². The second kappa shape index (κ2) is 6.52. The first-order valence-electron chi connectivity index (χ1n) is 7.64. The topological polar surface area (TPSA) is 72.7 Å². The Bertz CT molecular complexity index is 868. The van der Waals surface area contributed by atoms with Gasteiger partial charge in [0.25, 0.3) is 5.91 Å². The highest BCUT2D eigenvalue weighted by atomic mass is 32.1. The molecular formula is C17H19N5OS. The second-order valence-electron chi connectivity index (χ2n) is 5.68. The van der Waals surface area contributed by atoms with Crippen molar-refractivity contribution in [3.63, 3.8) is 0 Å². The average molecular weight is 341 g/mol. The number of carbonyl (C=O) groups excluding carboxylic acids is 1. The molecule has 124 valence electrons. The van der Waals surface area contributed by atoms with Gasteiger partial charge in [-0.05, 0) is 32.9 Å². The van der Waals surface area contributed by atoms with Crippen molar-refractivity contribution >= 4 is 17.2 Å². The van der Waals surface area contributed by atoms with Crippen LogP contribution in [0.1, 0.15) is 38.9 Å². The minimum Gasteiger partial charge on any atom is -0.345 e. The van der Waals surface area contributed by atoms with Crippen LogP contribution in [0.3, 0.4) is 0 Å². The van der Waals surface area contributed by atoms with Gasteiger partial charge in [-0.25, -0.2) is 4.98 Å². The lowest BCUT2D eigenvalue weighted by molar-refractivity contribution is 0.0941. The van der Waals surface area contributed by atoms with Crippen molar-refractivity contribution in [2.24, 2.45) is 7.05 Å². The van der Waals surface area contributed by atoms with Crippen LogP contribution in [0.25, 0.3) is 11.3 Å². The van der Waals surface area contributed by atoms with Gasteiger partial charge < -0.3 is 5.32 Å². The quantitative estimate of drug-likeness (QED) is 0.791. The van der Waals surface area contributed by atoms with Gasteiger partial charge in [-0.1, -0.05) is 0 Å². The van der Waals surface area contributed by atoms with Gasteiger partial charge in [0, 0.05) is 36.1 Å². The fourth-order valence-electron chi connectivity index (χ4n) is 2.66. The molecular weight excluding hydrogens is 322 g/mol. The SMILES string of the molecule is Cc1nc(C)c([C@@H](C)NC(=O)c2cn(C)nc2-c2cccnc2)s1. The second-order valence-corrected chi connectivity index (χ2v) is 6.92. The molecule has 6 nitrogen and oxygen atoms in total. The largest absolute Gasteiger partial charge is 0.345 e. The van der Waals surface area contributed by atoms with Crippen molar-refractivity contribution in [2.75, 3.05) is 0 Å². The summed E-state index contributed by atoms with van der Waals surface area (Å²) < 4.78 is 1.64. The van der Waals surface area contributed by atoms with E-state index >= 15 is 0 Å². The molecule has 3 aromatic heterocycles.